The number of aliphatic carboxylic acids is 2. The first-order chi connectivity index (χ1) is 11.3. The fraction of sp³-hybridized carbons (Fsp3) is 0.812. The fourth-order valence-corrected chi connectivity index (χ4v) is 2.68. The molecule has 0 aromatic carbocycles. The standard InChI is InChI=1S/C16H30N2O6/c1-2-3-4-5-6-7-14(20)17-8-9-18(10-11-19,12-15(21)22)13-16(23)24/h19H,2-13H2,1H3,(H2-,17,20,21,22,23,24)/p+1. The topological polar surface area (TPSA) is 124 Å². The zero-order valence-corrected chi connectivity index (χ0v) is 14.5. The molecule has 0 unspecified atom stereocenters. The van der Waals surface area contributed by atoms with Crippen LogP contribution in [0.3, 0.4) is 0 Å². The van der Waals surface area contributed by atoms with Gasteiger partial charge in [-0.25, -0.2) is 9.59 Å². The number of amides is 1. The lowest BCUT2D eigenvalue weighted by atomic mass is 10.1. The number of quaternary nitrogens is 1. The van der Waals surface area contributed by atoms with Crippen LogP contribution in [0.25, 0.3) is 0 Å². The lowest BCUT2D eigenvalue weighted by Crippen LogP contribution is -2.58. The van der Waals surface area contributed by atoms with Crippen molar-refractivity contribution in [2.75, 3.05) is 39.3 Å². The predicted molar refractivity (Wildman–Crippen MR) is 88.5 cm³/mol. The summed E-state index contributed by atoms with van der Waals surface area (Å²) in [5.41, 5.74) is 0. The summed E-state index contributed by atoms with van der Waals surface area (Å²) in [6, 6.07) is 0. The van der Waals surface area contributed by atoms with E-state index >= 15 is 0 Å². The Labute approximate surface area is 143 Å². The lowest BCUT2D eigenvalue weighted by Gasteiger charge is -2.35. The van der Waals surface area contributed by atoms with Gasteiger partial charge in [0.15, 0.2) is 13.1 Å². The number of hydrogen-bond acceptors (Lipinski definition) is 4. The molecule has 8 nitrogen and oxygen atoms in total. The zero-order chi connectivity index (χ0) is 18.4. The molecule has 0 atom stereocenters. The van der Waals surface area contributed by atoms with Gasteiger partial charge in [0.05, 0.1) is 19.7 Å². The number of carbonyl (C=O) groups excluding carboxylic acids is 1. The van der Waals surface area contributed by atoms with Gasteiger partial charge in [0, 0.05) is 6.42 Å². The maximum atomic E-state index is 11.8. The van der Waals surface area contributed by atoms with Gasteiger partial charge in [0.1, 0.15) is 6.54 Å². The van der Waals surface area contributed by atoms with Crippen molar-refractivity contribution in [3.63, 3.8) is 0 Å². The molecule has 0 aliphatic carbocycles. The molecule has 0 aliphatic heterocycles. The molecule has 0 rings (SSSR count). The van der Waals surface area contributed by atoms with Crippen LogP contribution in [0.1, 0.15) is 45.4 Å². The molecule has 140 valence electrons. The Hall–Kier alpha value is -1.67. The molecule has 0 aliphatic rings. The van der Waals surface area contributed by atoms with Crippen LogP contribution in [0, 0.1) is 0 Å². The van der Waals surface area contributed by atoms with E-state index in [1.807, 2.05) is 0 Å². The lowest BCUT2D eigenvalue weighted by molar-refractivity contribution is -0.913. The molecule has 8 heteroatoms. The molecule has 0 saturated carbocycles. The number of unbranched alkanes of at least 4 members (excludes halogenated alkanes) is 4. The number of hydrogen-bond donors (Lipinski definition) is 4. The Morgan fingerprint density at radius 1 is 0.917 bits per heavy atom. The monoisotopic (exact) mass is 347 g/mol. The summed E-state index contributed by atoms with van der Waals surface area (Å²) in [6.45, 7) is 1.36. The third-order valence-corrected chi connectivity index (χ3v) is 3.93. The number of carboxylic acids is 2. The first-order valence-corrected chi connectivity index (χ1v) is 8.51. The highest BCUT2D eigenvalue weighted by Gasteiger charge is 2.32. The first kappa shape index (κ1) is 22.3. The van der Waals surface area contributed by atoms with E-state index in [4.69, 9.17) is 15.3 Å². The minimum atomic E-state index is -1.13. The van der Waals surface area contributed by atoms with Gasteiger partial charge in [-0.2, -0.15) is 0 Å². The van der Waals surface area contributed by atoms with Crippen molar-refractivity contribution in [2.24, 2.45) is 0 Å². The van der Waals surface area contributed by atoms with E-state index in [1.165, 1.54) is 0 Å². The summed E-state index contributed by atoms with van der Waals surface area (Å²) < 4.78 is -0.294. The normalized spacial score (nSPS) is 11.2. The molecule has 4 N–H and O–H groups in total. The summed E-state index contributed by atoms with van der Waals surface area (Å²) in [5.74, 6) is -2.38. The van der Waals surface area contributed by atoms with Crippen molar-refractivity contribution in [3.05, 3.63) is 0 Å². The minimum Gasteiger partial charge on any atom is -0.477 e. The van der Waals surface area contributed by atoms with Crippen molar-refractivity contribution in [1.29, 1.82) is 0 Å². The van der Waals surface area contributed by atoms with Crippen LogP contribution < -0.4 is 5.32 Å². The van der Waals surface area contributed by atoms with E-state index in [2.05, 4.69) is 12.2 Å². The second kappa shape index (κ2) is 12.7. The first-order valence-electron chi connectivity index (χ1n) is 8.51. The summed E-state index contributed by atoms with van der Waals surface area (Å²) in [4.78, 5) is 33.8. The van der Waals surface area contributed by atoms with Gasteiger partial charge in [-0.3, -0.25) is 4.79 Å². The summed E-state index contributed by atoms with van der Waals surface area (Å²) in [6.07, 6.45) is 5.65. The van der Waals surface area contributed by atoms with Gasteiger partial charge in [0.2, 0.25) is 5.91 Å². The Bertz CT molecular complexity index is 384. The Morgan fingerprint density at radius 2 is 1.50 bits per heavy atom. The highest BCUT2D eigenvalue weighted by molar-refractivity contribution is 5.75. The number of nitrogens with one attached hydrogen (secondary N) is 1. The highest BCUT2D eigenvalue weighted by atomic mass is 16.4. The molecular formula is C16H31N2O6+. The molecule has 0 fully saturated rings. The van der Waals surface area contributed by atoms with Crippen molar-refractivity contribution in [2.45, 2.75) is 45.4 Å². The van der Waals surface area contributed by atoms with Crippen molar-refractivity contribution >= 4 is 17.8 Å². The zero-order valence-electron chi connectivity index (χ0n) is 14.5. The van der Waals surface area contributed by atoms with E-state index in [9.17, 15) is 14.4 Å². The number of rotatable bonds is 15. The summed E-state index contributed by atoms with van der Waals surface area (Å²) >= 11 is 0. The average Bonchev–Trinajstić information content (AvgIpc) is 2.45. The van der Waals surface area contributed by atoms with Crippen LogP contribution in [0.4, 0.5) is 0 Å². The molecule has 0 bridgehead atoms. The van der Waals surface area contributed by atoms with E-state index in [1.54, 1.807) is 0 Å². The predicted octanol–water partition coefficient (Wildman–Crippen LogP) is 0.441. The number of aliphatic hydroxyl groups excluding tert-OH is 1. The van der Waals surface area contributed by atoms with Gasteiger partial charge >= 0.3 is 11.9 Å². The maximum Gasteiger partial charge on any atom is 0.359 e. The number of carbonyl (C=O) groups is 3. The van der Waals surface area contributed by atoms with Crippen molar-refractivity contribution in [1.82, 2.24) is 5.32 Å². The summed E-state index contributed by atoms with van der Waals surface area (Å²) in [5, 5.41) is 29.9. The third-order valence-electron chi connectivity index (χ3n) is 3.93. The van der Waals surface area contributed by atoms with Crippen LogP contribution in [0.15, 0.2) is 0 Å². The van der Waals surface area contributed by atoms with E-state index in [0.29, 0.717) is 6.42 Å². The minimum absolute atomic E-state index is 0.0193. The van der Waals surface area contributed by atoms with Gasteiger partial charge < -0.3 is 25.1 Å². The molecule has 1 amide bonds. The second-order valence-electron chi connectivity index (χ2n) is 6.13. The fourth-order valence-electron chi connectivity index (χ4n) is 2.68. The smallest absolute Gasteiger partial charge is 0.359 e. The van der Waals surface area contributed by atoms with Crippen molar-refractivity contribution < 1.29 is 34.2 Å². The third kappa shape index (κ3) is 11.0. The Kier molecular flexibility index (Phi) is 11.8. The SMILES string of the molecule is CCCCCCCC(=O)NCC[N+](CCO)(CC(=O)O)CC(=O)O. The summed E-state index contributed by atoms with van der Waals surface area (Å²) in [7, 11) is 0. The molecule has 0 aromatic heterocycles. The molecule has 0 spiro atoms. The van der Waals surface area contributed by atoms with Crippen LogP contribution >= 0.6 is 0 Å². The second-order valence-corrected chi connectivity index (χ2v) is 6.13. The van der Waals surface area contributed by atoms with Crippen LogP contribution in [0.5, 0.6) is 0 Å². The van der Waals surface area contributed by atoms with E-state index < -0.39 is 25.0 Å². The Balaban J connectivity index is 4.35. The number of carboxylic acid groups (broad SMARTS) is 2. The number of aliphatic hydroxyl groups is 1. The molecule has 0 heterocycles. The van der Waals surface area contributed by atoms with Crippen molar-refractivity contribution in [3.8, 4) is 0 Å². The van der Waals surface area contributed by atoms with Gasteiger partial charge in [0.25, 0.3) is 0 Å². The molecule has 0 radical (unpaired) electrons. The molecule has 0 aromatic rings. The Morgan fingerprint density at radius 3 is 2.00 bits per heavy atom. The number of nitrogens with zero attached hydrogens (tertiary/aromatic N) is 1. The largest absolute Gasteiger partial charge is 0.477 e. The maximum absolute atomic E-state index is 11.8. The van der Waals surface area contributed by atoms with Crippen LogP contribution in [-0.4, -0.2) is 77.0 Å². The van der Waals surface area contributed by atoms with E-state index in [0.717, 1.165) is 32.1 Å². The molecule has 0 saturated heterocycles. The average molecular weight is 347 g/mol. The van der Waals surface area contributed by atoms with E-state index in [-0.39, 0.29) is 36.6 Å². The molecular weight excluding hydrogens is 316 g/mol. The molecule has 24 heavy (non-hydrogen) atoms. The van der Waals surface area contributed by atoms with Crippen LogP contribution in [0.2, 0.25) is 0 Å². The quantitative estimate of drug-likeness (QED) is 0.252. The van der Waals surface area contributed by atoms with Gasteiger partial charge in [-0.1, -0.05) is 32.6 Å². The van der Waals surface area contributed by atoms with Gasteiger partial charge in [-0.15, -0.1) is 0 Å². The highest BCUT2D eigenvalue weighted by Crippen LogP contribution is 2.07. The van der Waals surface area contributed by atoms with Crippen LogP contribution in [-0.2, 0) is 14.4 Å². The van der Waals surface area contributed by atoms with Gasteiger partial charge in [-0.05, 0) is 6.42 Å².